The lowest BCUT2D eigenvalue weighted by atomic mass is 10.2. The fourth-order valence-corrected chi connectivity index (χ4v) is 2.50. The van der Waals surface area contributed by atoms with E-state index in [-0.39, 0.29) is 12.1 Å². The quantitative estimate of drug-likeness (QED) is 0.839. The van der Waals surface area contributed by atoms with Crippen LogP contribution in [0.3, 0.4) is 0 Å². The zero-order valence-corrected chi connectivity index (χ0v) is 10.7. The number of β-amino-alcohol motifs (C(OH)–C–C–N with tert-alkyl or cyclic N) is 1. The van der Waals surface area contributed by atoms with Crippen molar-refractivity contribution in [3.8, 4) is 6.07 Å². The first-order valence-electron chi connectivity index (χ1n) is 6.06. The first kappa shape index (κ1) is 12.8. The number of rotatable bonds is 3. The van der Waals surface area contributed by atoms with Gasteiger partial charge in [-0.05, 0) is 32.6 Å². The Morgan fingerprint density at radius 1 is 1.61 bits per heavy atom. The Balaban J connectivity index is 2.27. The van der Waals surface area contributed by atoms with Crippen LogP contribution >= 0.6 is 0 Å². The van der Waals surface area contributed by atoms with E-state index in [2.05, 4.69) is 20.9 Å². The Labute approximate surface area is 107 Å². The third kappa shape index (κ3) is 2.61. The summed E-state index contributed by atoms with van der Waals surface area (Å²) in [6, 6.07) is 6.06. The maximum absolute atomic E-state index is 9.84. The Bertz CT molecular complexity index is 455. The molecule has 0 bridgehead atoms. The second kappa shape index (κ2) is 5.34. The molecule has 1 aromatic rings. The van der Waals surface area contributed by atoms with E-state index in [1.807, 2.05) is 26.2 Å². The Kier molecular flexibility index (Phi) is 3.80. The minimum atomic E-state index is -0.332. The van der Waals surface area contributed by atoms with Crippen LogP contribution in [0.2, 0.25) is 0 Å². The highest BCUT2D eigenvalue weighted by Gasteiger charge is 2.32. The molecule has 0 saturated carbocycles. The molecule has 2 atom stereocenters. The van der Waals surface area contributed by atoms with Gasteiger partial charge in [0, 0.05) is 25.3 Å². The van der Waals surface area contributed by atoms with Crippen LogP contribution in [0, 0.1) is 11.3 Å². The average Bonchev–Trinajstić information content (AvgIpc) is 2.69. The molecule has 5 nitrogen and oxygen atoms in total. The van der Waals surface area contributed by atoms with Crippen molar-refractivity contribution in [3.05, 3.63) is 24.0 Å². The zero-order valence-electron chi connectivity index (χ0n) is 10.7. The molecule has 1 aliphatic heterocycles. The van der Waals surface area contributed by atoms with Crippen molar-refractivity contribution in [2.75, 3.05) is 32.1 Å². The highest BCUT2D eigenvalue weighted by molar-refractivity contribution is 5.57. The van der Waals surface area contributed by atoms with Crippen LogP contribution in [-0.4, -0.2) is 54.3 Å². The average molecular weight is 246 g/mol. The van der Waals surface area contributed by atoms with E-state index in [9.17, 15) is 5.11 Å². The fraction of sp³-hybridized carbons (Fsp3) is 0.538. The summed E-state index contributed by atoms with van der Waals surface area (Å²) >= 11 is 0. The van der Waals surface area contributed by atoms with Crippen molar-refractivity contribution in [3.63, 3.8) is 0 Å². The number of hydrogen-bond donors (Lipinski definition) is 1. The van der Waals surface area contributed by atoms with Gasteiger partial charge in [-0.25, -0.2) is 4.98 Å². The number of aliphatic hydroxyl groups excluding tert-OH is 1. The molecule has 2 heterocycles. The molecule has 0 aromatic carbocycles. The van der Waals surface area contributed by atoms with Crippen molar-refractivity contribution >= 4 is 5.69 Å². The van der Waals surface area contributed by atoms with Crippen LogP contribution in [0.15, 0.2) is 18.3 Å². The van der Waals surface area contributed by atoms with Crippen LogP contribution in [0.1, 0.15) is 12.1 Å². The Hall–Kier alpha value is -1.64. The lowest BCUT2D eigenvalue weighted by Gasteiger charge is -2.28. The summed E-state index contributed by atoms with van der Waals surface area (Å²) in [4.78, 5) is 8.27. The molecule has 0 aliphatic carbocycles. The minimum Gasteiger partial charge on any atom is -0.391 e. The molecular weight excluding hydrogens is 228 g/mol. The summed E-state index contributed by atoms with van der Waals surface area (Å²) in [6.45, 7) is 1.43. The number of anilines is 1. The molecule has 96 valence electrons. The number of hydrogen-bond acceptors (Lipinski definition) is 5. The normalized spacial score (nSPS) is 23.4. The summed E-state index contributed by atoms with van der Waals surface area (Å²) < 4.78 is 0. The van der Waals surface area contributed by atoms with E-state index in [0.29, 0.717) is 12.2 Å². The topological polar surface area (TPSA) is 63.4 Å². The number of aromatic nitrogens is 1. The first-order chi connectivity index (χ1) is 8.61. The highest BCUT2D eigenvalue weighted by Crippen LogP contribution is 2.27. The molecular formula is C13H18N4O. The van der Waals surface area contributed by atoms with Crippen LogP contribution in [0.5, 0.6) is 0 Å². The highest BCUT2D eigenvalue weighted by atomic mass is 16.3. The SMILES string of the molecule is CN(C)CC1CC(O)CN1c1cccnc1C#N. The molecule has 1 saturated heterocycles. The third-order valence-corrected chi connectivity index (χ3v) is 3.17. The fourth-order valence-electron chi connectivity index (χ4n) is 2.50. The lowest BCUT2D eigenvalue weighted by molar-refractivity contribution is 0.191. The van der Waals surface area contributed by atoms with Gasteiger partial charge < -0.3 is 14.9 Å². The summed E-state index contributed by atoms with van der Waals surface area (Å²) in [6.07, 6.45) is 2.02. The molecule has 2 rings (SSSR count). The molecule has 1 N–H and O–H groups in total. The van der Waals surface area contributed by atoms with Crippen LogP contribution in [-0.2, 0) is 0 Å². The summed E-state index contributed by atoms with van der Waals surface area (Å²) in [5.41, 5.74) is 1.25. The van der Waals surface area contributed by atoms with Gasteiger partial charge in [-0.1, -0.05) is 0 Å². The molecule has 1 fully saturated rings. The van der Waals surface area contributed by atoms with Crippen LogP contribution in [0.4, 0.5) is 5.69 Å². The third-order valence-electron chi connectivity index (χ3n) is 3.17. The van der Waals surface area contributed by atoms with E-state index in [0.717, 1.165) is 18.7 Å². The summed E-state index contributed by atoms with van der Waals surface area (Å²) in [5, 5.41) is 18.9. The largest absolute Gasteiger partial charge is 0.391 e. The molecule has 0 spiro atoms. The zero-order chi connectivity index (χ0) is 13.1. The van der Waals surface area contributed by atoms with Gasteiger partial charge in [0.2, 0.25) is 0 Å². The van der Waals surface area contributed by atoms with Gasteiger partial charge in [0.15, 0.2) is 5.69 Å². The molecule has 0 amide bonds. The van der Waals surface area contributed by atoms with E-state index in [1.54, 1.807) is 6.20 Å². The molecule has 1 aliphatic rings. The maximum atomic E-state index is 9.84. The monoisotopic (exact) mass is 246 g/mol. The molecule has 2 unspecified atom stereocenters. The van der Waals surface area contributed by atoms with Gasteiger partial charge in [-0.2, -0.15) is 5.26 Å². The van der Waals surface area contributed by atoms with Gasteiger partial charge in [0.25, 0.3) is 0 Å². The smallest absolute Gasteiger partial charge is 0.163 e. The van der Waals surface area contributed by atoms with E-state index < -0.39 is 0 Å². The maximum Gasteiger partial charge on any atom is 0.163 e. The summed E-state index contributed by atoms with van der Waals surface area (Å²) in [5.74, 6) is 0. The van der Waals surface area contributed by atoms with Gasteiger partial charge in [0.05, 0.1) is 11.8 Å². The van der Waals surface area contributed by atoms with Gasteiger partial charge in [-0.15, -0.1) is 0 Å². The Morgan fingerprint density at radius 3 is 3.06 bits per heavy atom. The molecule has 5 heteroatoms. The van der Waals surface area contributed by atoms with Gasteiger partial charge in [0.1, 0.15) is 6.07 Å². The van der Waals surface area contributed by atoms with Crippen molar-refractivity contribution in [2.24, 2.45) is 0 Å². The predicted molar refractivity (Wildman–Crippen MR) is 69.3 cm³/mol. The molecule has 1 aromatic heterocycles. The summed E-state index contributed by atoms with van der Waals surface area (Å²) in [7, 11) is 4.02. The number of pyridine rings is 1. The first-order valence-corrected chi connectivity index (χ1v) is 6.06. The second-order valence-electron chi connectivity index (χ2n) is 4.94. The number of nitriles is 1. The van der Waals surface area contributed by atoms with Crippen molar-refractivity contribution < 1.29 is 5.11 Å². The van der Waals surface area contributed by atoms with Crippen LogP contribution in [0.25, 0.3) is 0 Å². The predicted octanol–water partition coefficient (Wildman–Crippen LogP) is 0.454. The molecule has 0 radical (unpaired) electrons. The molecule has 18 heavy (non-hydrogen) atoms. The van der Waals surface area contributed by atoms with Crippen molar-refractivity contribution in [1.82, 2.24) is 9.88 Å². The van der Waals surface area contributed by atoms with E-state index in [4.69, 9.17) is 5.26 Å². The number of nitrogens with zero attached hydrogens (tertiary/aromatic N) is 4. The second-order valence-corrected chi connectivity index (χ2v) is 4.94. The van der Waals surface area contributed by atoms with Gasteiger partial charge in [-0.3, -0.25) is 0 Å². The minimum absolute atomic E-state index is 0.228. The number of aliphatic hydroxyl groups is 1. The lowest BCUT2D eigenvalue weighted by Crippen LogP contribution is -2.38. The van der Waals surface area contributed by atoms with Crippen molar-refractivity contribution in [2.45, 2.75) is 18.6 Å². The van der Waals surface area contributed by atoms with E-state index >= 15 is 0 Å². The standard InChI is InChI=1S/C13H18N4O/c1-16(2)8-10-6-11(18)9-17(10)13-4-3-5-15-12(13)7-14/h3-5,10-11,18H,6,8-9H2,1-2H3. The Morgan fingerprint density at radius 2 is 2.39 bits per heavy atom. The van der Waals surface area contributed by atoms with Crippen LogP contribution < -0.4 is 4.90 Å². The van der Waals surface area contributed by atoms with E-state index in [1.165, 1.54) is 0 Å². The van der Waals surface area contributed by atoms with Gasteiger partial charge >= 0.3 is 0 Å². The van der Waals surface area contributed by atoms with Crippen molar-refractivity contribution in [1.29, 1.82) is 5.26 Å². The number of likely N-dealkylation sites (N-methyl/N-ethyl adjacent to an activating group) is 1.